The van der Waals surface area contributed by atoms with E-state index in [-0.39, 0.29) is 6.04 Å². The van der Waals surface area contributed by atoms with Gasteiger partial charge >= 0.3 is 0 Å². The molecule has 0 radical (unpaired) electrons. The summed E-state index contributed by atoms with van der Waals surface area (Å²) in [5.41, 5.74) is 9.48. The zero-order valence-corrected chi connectivity index (χ0v) is 12.0. The molecular weight excluding hydrogens is 294 g/mol. The van der Waals surface area contributed by atoms with Gasteiger partial charge in [0.1, 0.15) is 5.75 Å². The van der Waals surface area contributed by atoms with E-state index in [0.29, 0.717) is 11.1 Å². The van der Waals surface area contributed by atoms with Crippen LogP contribution in [0.25, 0.3) is 0 Å². The van der Waals surface area contributed by atoms with Gasteiger partial charge in [0.25, 0.3) is 0 Å². The highest BCUT2D eigenvalue weighted by Gasteiger charge is 2.15. The topological polar surface area (TPSA) is 48.4 Å². The quantitative estimate of drug-likeness (QED) is 0.938. The zero-order valence-electron chi connectivity index (χ0n) is 10.4. The van der Waals surface area contributed by atoms with Gasteiger partial charge in [-0.1, -0.05) is 17.7 Å². The highest BCUT2D eigenvalue weighted by molar-refractivity contribution is 9.10. The molecule has 18 heavy (non-hydrogen) atoms. The Balaban J connectivity index is 2.23. The molecule has 1 aromatic carbocycles. The van der Waals surface area contributed by atoms with Crippen molar-refractivity contribution in [2.24, 2.45) is 5.73 Å². The third-order valence-electron chi connectivity index (χ3n) is 2.92. The van der Waals surface area contributed by atoms with Crippen LogP contribution < -0.4 is 10.5 Å². The Morgan fingerprint density at radius 3 is 2.78 bits per heavy atom. The predicted octanol–water partition coefficient (Wildman–Crippen LogP) is 3.60. The molecule has 0 bridgehead atoms. The van der Waals surface area contributed by atoms with E-state index in [1.807, 2.05) is 18.2 Å². The lowest BCUT2D eigenvalue weighted by Crippen LogP contribution is -2.13. The van der Waals surface area contributed by atoms with Gasteiger partial charge in [0.05, 0.1) is 13.4 Å². The molecule has 2 rings (SSSR count). The Morgan fingerprint density at radius 1 is 1.39 bits per heavy atom. The van der Waals surface area contributed by atoms with Crippen LogP contribution in [0.2, 0.25) is 0 Å². The van der Waals surface area contributed by atoms with Crippen molar-refractivity contribution in [3.05, 3.63) is 51.9 Å². The van der Waals surface area contributed by atoms with Crippen molar-refractivity contribution in [1.29, 1.82) is 0 Å². The van der Waals surface area contributed by atoms with Gasteiger partial charge in [-0.05, 0) is 47.0 Å². The minimum absolute atomic E-state index is 0.117. The van der Waals surface area contributed by atoms with Gasteiger partial charge in [0.2, 0.25) is 0 Å². The Morgan fingerprint density at radius 2 is 2.17 bits per heavy atom. The molecule has 0 amide bonds. The number of benzene rings is 1. The predicted molar refractivity (Wildman–Crippen MR) is 74.8 cm³/mol. The molecule has 4 heteroatoms. The zero-order chi connectivity index (χ0) is 13.1. The molecule has 0 saturated heterocycles. The van der Waals surface area contributed by atoms with Crippen LogP contribution in [-0.4, -0.2) is 7.11 Å². The number of ether oxygens (including phenoxy) is 1. The number of aryl methyl sites for hydroxylation is 1. The van der Waals surface area contributed by atoms with Gasteiger partial charge in [-0.2, -0.15) is 0 Å². The second-order valence-corrected chi connectivity index (χ2v) is 5.00. The molecule has 96 valence electrons. The van der Waals surface area contributed by atoms with Crippen LogP contribution >= 0.6 is 15.9 Å². The molecule has 0 spiro atoms. The standard InChI is InChI=1S/C14H16BrNO2/c1-9-3-4-13(17-2)10(7-9)8-12(16)11-5-6-18-14(11)15/h3-7,12H,8,16H2,1-2H3. The summed E-state index contributed by atoms with van der Waals surface area (Å²) in [4.78, 5) is 0. The number of rotatable bonds is 4. The average Bonchev–Trinajstić information content (AvgIpc) is 2.76. The fourth-order valence-corrected chi connectivity index (χ4v) is 2.52. The third kappa shape index (κ3) is 2.76. The number of furan rings is 1. The van der Waals surface area contributed by atoms with Crippen LogP contribution in [0.1, 0.15) is 22.7 Å². The lowest BCUT2D eigenvalue weighted by molar-refractivity contribution is 0.408. The first-order valence-corrected chi connectivity index (χ1v) is 6.53. The largest absolute Gasteiger partial charge is 0.496 e. The molecule has 3 nitrogen and oxygen atoms in total. The van der Waals surface area contributed by atoms with Crippen molar-refractivity contribution in [2.75, 3.05) is 7.11 Å². The maximum absolute atomic E-state index is 6.20. The molecule has 0 saturated carbocycles. The van der Waals surface area contributed by atoms with Crippen molar-refractivity contribution in [3.63, 3.8) is 0 Å². The van der Waals surface area contributed by atoms with Crippen molar-refractivity contribution in [3.8, 4) is 5.75 Å². The molecule has 1 aromatic heterocycles. The van der Waals surface area contributed by atoms with Gasteiger partial charge < -0.3 is 14.9 Å². The first-order chi connectivity index (χ1) is 8.61. The van der Waals surface area contributed by atoms with Gasteiger partial charge in [-0.15, -0.1) is 0 Å². The maximum Gasteiger partial charge on any atom is 0.173 e. The SMILES string of the molecule is COc1ccc(C)cc1CC(N)c1ccoc1Br. The molecule has 2 N–H and O–H groups in total. The molecule has 0 aliphatic carbocycles. The monoisotopic (exact) mass is 309 g/mol. The first-order valence-electron chi connectivity index (χ1n) is 5.74. The van der Waals surface area contributed by atoms with Crippen LogP contribution in [0.15, 0.2) is 39.6 Å². The number of methoxy groups -OCH3 is 1. The Bertz CT molecular complexity index is 536. The summed E-state index contributed by atoms with van der Waals surface area (Å²) in [5.74, 6) is 0.871. The summed E-state index contributed by atoms with van der Waals surface area (Å²) in [6, 6.07) is 7.88. The molecule has 1 heterocycles. The fourth-order valence-electron chi connectivity index (χ4n) is 1.98. The van der Waals surface area contributed by atoms with Crippen molar-refractivity contribution in [1.82, 2.24) is 0 Å². The van der Waals surface area contributed by atoms with E-state index in [1.54, 1.807) is 13.4 Å². The van der Waals surface area contributed by atoms with Crippen molar-refractivity contribution < 1.29 is 9.15 Å². The Kier molecular flexibility index (Phi) is 4.09. The van der Waals surface area contributed by atoms with Crippen molar-refractivity contribution >= 4 is 15.9 Å². The van der Waals surface area contributed by atoms with Crippen LogP contribution in [0.4, 0.5) is 0 Å². The van der Waals surface area contributed by atoms with Gasteiger partial charge in [0, 0.05) is 11.6 Å². The van der Waals surface area contributed by atoms with E-state index in [2.05, 4.69) is 28.9 Å². The van der Waals surface area contributed by atoms with Gasteiger partial charge in [0.15, 0.2) is 4.67 Å². The van der Waals surface area contributed by atoms with E-state index in [1.165, 1.54) is 5.56 Å². The highest BCUT2D eigenvalue weighted by Crippen LogP contribution is 2.29. The van der Waals surface area contributed by atoms with Crippen LogP contribution in [0.3, 0.4) is 0 Å². The lowest BCUT2D eigenvalue weighted by atomic mass is 10.00. The van der Waals surface area contributed by atoms with E-state index < -0.39 is 0 Å². The van der Waals surface area contributed by atoms with Crippen LogP contribution in [0.5, 0.6) is 5.75 Å². The normalized spacial score (nSPS) is 12.4. The number of hydrogen-bond acceptors (Lipinski definition) is 3. The summed E-state index contributed by atoms with van der Waals surface area (Å²) < 4.78 is 11.3. The highest BCUT2D eigenvalue weighted by atomic mass is 79.9. The number of halogens is 1. The number of nitrogens with two attached hydrogens (primary N) is 1. The number of hydrogen-bond donors (Lipinski definition) is 1. The van der Waals surface area contributed by atoms with E-state index in [4.69, 9.17) is 14.9 Å². The molecule has 0 fully saturated rings. The summed E-state index contributed by atoms with van der Waals surface area (Å²) >= 11 is 3.35. The maximum atomic E-state index is 6.20. The Labute approximate surface area is 115 Å². The van der Waals surface area contributed by atoms with Crippen LogP contribution in [0, 0.1) is 6.92 Å². The summed E-state index contributed by atoms with van der Waals surface area (Å²) in [6.45, 7) is 2.06. The van der Waals surface area contributed by atoms with Crippen LogP contribution in [-0.2, 0) is 6.42 Å². The molecule has 0 aliphatic rings. The average molecular weight is 310 g/mol. The van der Waals surface area contributed by atoms with E-state index in [0.717, 1.165) is 16.9 Å². The molecule has 1 unspecified atom stereocenters. The van der Waals surface area contributed by atoms with E-state index >= 15 is 0 Å². The Hall–Kier alpha value is -1.26. The van der Waals surface area contributed by atoms with Gasteiger partial charge in [-0.3, -0.25) is 0 Å². The minimum atomic E-state index is -0.117. The smallest absolute Gasteiger partial charge is 0.173 e. The third-order valence-corrected chi connectivity index (χ3v) is 3.57. The summed E-state index contributed by atoms with van der Waals surface area (Å²) in [6.07, 6.45) is 2.34. The van der Waals surface area contributed by atoms with Gasteiger partial charge in [-0.25, -0.2) is 0 Å². The lowest BCUT2D eigenvalue weighted by Gasteiger charge is -2.14. The second-order valence-electron chi connectivity index (χ2n) is 4.28. The van der Waals surface area contributed by atoms with E-state index in [9.17, 15) is 0 Å². The van der Waals surface area contributed by atoms with Crippen molar-refractivity contribution in [2.45, 2.75) is 19.4 Å². The fraction of sp³-hybridized carbons (Fsp3) is 0.286. The summed E-state index contributed by atoms with van der Waals surface area (Å²) in [7, 11) is 1.67. The molecule has 2 aromatic rings. The second kappa shape index (κ2) is 5.59. The minimum Gasteiger partial charge on any atom is -0.496 e. The molecule has 1 atom stereocenters. The molecule has 0 aliphatic heterocycles. The first kappa shape index (κ1) is 13.2. The molecular formula is C14H16BrNO2. The summed E-state index contributed by atoms with van der Waals surface area (Å²) in [5, 5.41) is 0.